The van der Waals surface area contributed by atoms with Gasteiger partial charge in [0.25, 0.3) is 0 Å². The van der Waals surface area contributed by atoms with Gasteiger partial charge in [-0.1, -0.05) is 6.92 Å². The first-order chi connectivity index (χ1) is 26.9. The number of ether oxygens (including phenoxy) is 4. The quantitative estimate of drug-likeness (QED) is 0.205. The topological polar surface area (TPSA) is 53.1 Å². The van der Waals surface area contributed by atoms with Crippen LogP contribution < -0.4 is 0 Å². The molecule has 0 radical (unpaired) electrons. The second-order valence-electron chi connectivity index (χ2n) is 23.6. The van der Waals surface area contributed by atoms with Gasteiger partial charge in [0.05, 0.1) is 42.2 Å². The summed E-state index contributed by atoms with van der Waals surface area (Å²) in [6, 6.07) is 0.680. The summed E-state index contributed by atoms with van der Waals surface area (Å²) in [6.07, 6.45) is 15.4. The Morgan fingerprint density at radius 3 is 1.84 bits per heavy atom. The maximum absolute atomic E-state index is 6.82. The minimum atomic E-state index is -0.0631. The molecule has 1 spiro atoms. The Morgan fingerprint density at radius 2 is 1.26 bits per heavy atom. The highest BCUT2D eigenvalue weighted by Crippen LogP contribution is 2.62. The number of piperidine rings is 3. The first-order valence-corrected chi connectivity index (χ1v) is 24.2. The fraction of sp³-hybridized carbons (Fsp3) is 1.00. The van der Waals surface area contributed by atoms with Gasteiger partial charge in [0, 0.05) is 62.9 Å². The summed E-state index contributed by atoms with van der Waals surface area (Å²) >= 11 is 0. The Balaban J connectivity index is 0.939. The number of likely N-dealkylation sites (tertiary alicyclic amines) is 4. The normalized spacial score (nSPS) is 36.8. The van der Waals surface area contributed by atoms with Crippen LogP contribution in [0.2, 0.25) is 0 Å². The van der Waals surface area contributed by atoms with E-state index in [9.17, 15) is 0 Å². The zero-order valence-corrected chi connectivity index (χ0v) is 38.5. The van der Waals surface area contributed by atoms with Crippen molar-refractivity contribution in [2.45, 2.75) is 198 Å². The Kier molecular flexibility index (Phi) is 12.7. The van der Waals surface area contributed by atoms with Gasteiger partial charge in [-0.25, -0.2) is 0 Å². The third-order valence-corrected chi connectivity index (χ3v) is 16.1. The van der Waals surface area contributed by atoms with Crippen molar-refractivity contribution in [2.75, 3.05) is 85.1 Å². The van der Waals surface area contributed by atoms with Crippen LogP contribution in [0.3, 0.4) is 0 Å². The van der Waals surface area contributed by atoms with E-state index in [2.05, 4.69) is 93.7 Å². The molecule has 3 aliphatic carbocycles. The molecular weight excluding hydrogens is 711 g/mol. The van der Waals surface area contributed by atoms with Crippen LogP contribution in [0.15, 0.2) is 0 Å². The molecule has 9 nitrogen and oxygen atoms in total. The van der Waals surface area contributed by atoms with Crippen molar-refractivity contribution >= 4 is 0 Å². The summed E-state index contributed by atoms with van der Waals surface area (Å²) in [5.74, 6) is 3.14. The van der Waals surface area contributed by atoms with Gasteiger partial charge in [-0.15, -0.1) is 0 Å². The average molecular weight is 798 g/mol. The molecule has 5 heterocycles. The molecule has 0 aromatic carbocycles. The Labute approximate surface area is 349 Å². The molecule has 8 rings (SSSR count). The van der Waals surface area contributed by atoms with Gasteiger partial charge >= 0.3 is 0 Å². The predicted molar refractivity (Wildman–Crippen MR) is 231 cm³/mol. The van der Waals surface area contributed by atoms with Crippen molar-refractivity contribution in [2.24, 2.45) is 23.7 Å². The highest BCUT2D eigenvalue weighted by atomic mass is 16.5. The predicted octanol–water partition coefficient (Wildman–Crippen LogP) is 7.16. The van der Waals surface area contributed by atoms with E-state index in [-0.39, 0.29) is 22.3 Å². The van der Waals surface area contributed by atoms with E-state index in [0.717, 1.165) is 69.3 Å². The number of rotatable bonds is 12. The molecule has 3 saturated carbocycles. The second-order valence-corrected chi connectivity index (χ2v) is 23.6. The molecule has 5 saturated heterocycles. The van der Waals surface area contributed by atoms with E-state index in [4.69, 9.17) is 18.9 Å². The lowest BCUT2D eigenvalue weighted by atomic mass is 9.76. The summed E-state index contributed by atoms with van der Waals surface area (Å²) in [6.45, 7) is 38.0. The van der Waals surface area contributed by atoms with Crippen LogP contribution in [-0.2, 0) is 18.9 Å². The molecule has 328 valence electrons. The third-order valence-electron chi connectivity index (χ3n) is 16.1. The number of hydrogen-bond acceptors (Lipinski definition) is 9. The summed E-state index contributed by atoms with van der Waals surface area (Å²) in [5, 5.41) is 0. The fourth-order valence-corrected chi connectivity index (χ4v) is 13.2. The maximum Gasteiger partial charge on any atom is 0.106 e. The van der Waals surface area contributed by atoms with E-state index >= 15 is 0 Å². The molecule has 0 aromatic heterocycles. The monoisotopic (exact) mass is 798 g/mol. The van der Waals surface area contributed by atoms with Crippen LogP contribution in [0.1, 0.15) is 140 Å². The van der Waals surface area contributed by atoms with E-state index in [0.29, 0.717) is 36.0 Å². The van der Waals surface area contributed by atoms with Gasteiger partial charge in [-0.2, -0.15) is 0 Å². The zero-order chi connectivity index (χ0) is 40.4. The highest BCUT2D eigenvalue weighted by molar-refractivity contribution is 5.22. The molecule has 8 fully saturated rings. The van der Waals surface area contributed by atoms with E-state index < -0.39 is 0 Å². The molecule has 3 atom stereocenters. The maximum atomic E-state index is 6.82. The van der Waals surface area contributed by atoms with Crippen LogP contribution in [0.25, 0.3) is 0 Å². The first-order valence-electron chi connectivity index (χ1n) is 24.2. The summed E-state index contributed by atoms with van der Waals surface area (Å²) in [4.78, 5) is 14.3. The first kappa shape index (κ1) is 43.3. The Hall–Kier alpha value is -0.360. The standard InChI is InChI=1S/C48H87N5O4/c1-11-49-18-12-36(13-19-49)43(51-33-47(34-51)32-50(24-25-54-47)31-35-26-40(27-35)56-45(5,6)7)42-30-48(42,37-14-20-52(21-15-37)44(2,3)4)53-22-16-38(17-23-53)55-39-28-41(29-39)57-46(8,9)10/h35-43H,11-34H2,1-10H3/t35?,39-,40?,41-,42?,43?,48?. The Morgan fingerprint density at radius 1 is 0.649 bits per heavy atom. The molecule has 0 bridgehead atoms. The smallest absolute Gasteiger partial charge is 0.106 e. The summed E-state index contributed by atoms with van der Waals surface area (Å²) in [5.41, 5.74) is 0.530. The van der Waals surface area contributed by atoms with E-state index in [1.54, 1.807) is 0 Å². The lowest BCUT2D eigenvalue weighted by molar-refractivity contribution is -0.205. The number of nitrogens with zero attached hydrogens (tertiary/aromatic N) is 5. The molecule has 0 amide bonds. The highest BCUT2D eigenvalue weighted by Gasteiger charge is 2.68. The van der Waals surface area contributed by atoms with Gasteiger partial charge in [0.15, 0.2) is 0 Å². The third kappa shape index (κ3) is 9.98. The molecule has 5 aliphatic heterocycles. The molecule has 0 aromatic rings. The SMILES string of the molecule is CCN1CCC(C(C2CC2(C2CCN(C(C)(C)C)CC2)N2CCC(O[C@H]3C[C@H](OC(C)(C)C)C3)CC2)N2CC3(CN(CC4CC(OC(C)(C)C)C4)CCO3)C2)CC1. The van der Waals surface area contributed by atoms with Gasteiger partial charge in [-0.3, -0.25) is 19.6 Å². The van der Waals surface area contributed by atoms with Crippen LogP contribution in [0.5, 0.6) is 0 Å². The molecule has 3 unspecified atom stereocenters. The molecule has 9 heteroatoms. The van der Waals surface area contributed by atoms with Gasteiger partial charge in [0.1, 0.15) is 5.60 Å². The van der Waals surface area contributed by atoms with Crippen molar-refractivity contribution in [3.8, 4) is 0 Å². The second kappa shape index (κ2) is 16.7. The Bertz CT molecular complexity index is 1300. The van der Waals surface area contributed by atoms with Crippen molar-refractivity contribution in [3.63, 3.8) is 0 Å². The van der Waals surface area contributed by atoms with Gasteiger partial charge < -0.3 is 23.8 Å². The van der Waals surface area contributed by atoms with Crippen molar-refractivity contribution in [3.05, 3.63) is 0 Å². The van der Waals surface area contributed by atoms with Crippen LogP contribution >= 0.6 is 0 Å². The zero-order valence-electron chi connectivity index (χ0n) is 38.5. The van der Waals surface area contributed by atoms with Crippen LogP contribution in [-0.4, -0.2) is 168 Å². The minimum Gasteiger partial charge on any atom is -0.375 e. The van der Waals surface area contributed by atoms with Gasteiger partial charge in [0.2, 0.25) is 0 Å². The molecule has 0 N–H and O–H groups in total. The average Bonchev–Trinajstić information content (AvgIpc) is 3.85. The molecular formula is C48H87N5O4. The molecule has 57 heavy (non-hydrogen) atoms. The summed E-state index contributed by atoms with van der Waals surface area (Å²) in [7, 11) is 0. The van der Waals surface area contributed by atoms with Crippen LogP contribution in [0.4, 0.5) is 0 Å². The minimum absolute atomic E-state index is 0.0232. The van der Waals surface area contributed by atoms with Crippen LogP contribution in [0, 0.1) is 23.7 Å². The molecule has 8 aliphatic rings. The van der Waals surface area contributed by atoms with E-state index in [1.165, 1.54) is 110 Å². The largest absolute Gasteiger partial charge is 0.375 e. The van der Waals surface area contributed by atoms with Gasteiger partial charge in [-0.05, 0) is 189 Å². The van der Waals surface area contributed by atoms with E-state index in [1.807, 2.05) is 0 Å². The van der Waals surface area contributed by atoms with Crippen molar-refractivity contribution in [1.82, 2.24) is 24.5 Å². The van der Waals surface area contributed by atoms with Crippen molar-refractivity contribution in [1.29, 1.82) is 0 Å². The van der Waals surface area contributed by atoms with Crippen molar-refractivity contribution < 1.29 is 18.9 Å². The number of hydrogen-bond donors (Lipinski definition) is 0. The lowest BCUT2D eigenvalue weighted by Gasteiger charge is -2.59. The fourth-order valence-electron chi connectivity index (χ4n) is 13.2. The lowest BCUT2D eigenvalue weighted by Crippen LogP contribution is -2.73. The summed E-state index contributed by atoms with van der Waals surface area (Å²) < 4.78 is 26.2. The number of morpholine rings is 1.